The molecule has 0 aliphatic carbocycles. The van der Waals surface area contributed by atoms with E-state index >= 15 is 0 Å². The average Bonchev–Trinajstić information content (AvgIpc) is 2.50. The van der Waals surface area contributed by atoms with Gasteiger partial charge in [-0.1, -0.05) is 6.92 Å². The van der Waals surface area contributed by atoms with E-state index in [1.165, 1.54) is 23.4 Å². The van der Waals surface area contributed by atoms with E-state index in [2.05, 4.69) is 56.6 Å². The van der Waals surface area contributed by atoms with Crippen molar-refractivity contribution in [3.63, 3.8) is 0 Å². The van der Waals surface area contributed by atoms with Crippen molar-refractivity contribution in [3.05, 3.63) is 17.0 Å². The molecule has 1 heterocycles. The number of nitrogens with zero attached hydrogens (tertiary/aromatic N) is 2. The van der Waals surface area contributed by atoms with Gasteiger partial charge in [0.2, 0.25) is 0 Å². The summed E-state index contributed by atoms with van der Waals surface area (Å²) in [4.78, 5) is 0. The normalized spacial score (nSPS) is 12.1. The van der Waals surface area contributed by atoms with Crippen LogP contribution in [0.4, 0.5) is 0 Å². The number of hydrogen-bond acceptors (Lipinski definition) is 2. The zero-order valence-corrected chi connectivity index (χ0v) is 12.2. The molecule has 0 amide bonds. The Balaban J connectivity index is 2.76. The zero-order chi connectivity index (χ0) is 13.1. The Morgan fingerprint density at radius 2 is 1.82 bits per heavy atom. The second kappa shape index (κ2) is 5.67. The van der Waals surface area contributed by atoms with Crippen molar-refractivity contribution in [3.8, 4) is 0 Å². The van der Waals surface area contributed by atoms with Gasteiger partial charge in [0.1, 0.15) is 0 Å². The lowest BCUT2D eigenvalue weighted by atomic mass is 10.1. The van der Waals surface area contributed by atoms with Crippen LogP contribution in [0.5, 0.6) is 0 Å². The molecule has 1 aromatic heterocycles. The number of nitrogens with one attached hydrogen (secondary N) is 1. The summed E-state index contributed by atoms with van der Waals surface area (Å²) in [5.41, 5.74) is 3.97. The summed E-state index contributed by atoms with van der Waals surface area (Å²) in [5, 5.41) is 8.12. The third kappa shape index (κ3) is 3.56. The minimum atomic E-state index is 0.0734. The molecular weight excluding hydrogens is 210 g/mol. The smallest absolute Gasteiger partial charge is 0.0629 e. The van der Waals surface area contributed by atoms with Gasteiger partial charge in [0.25, 0.3) is 0 Å². The van der Waals surface area contributed by atoms with Gasteiger partial charge in [-0.3, -0.25) is 4.68 Å². The summed E-state index contributed by atoms with van der Waals surface area (Å²) in [5.74, 6) is 0. The molecule has 1 aromatic rings. The Kier molecular flexibility index (Phi) is 4.75. The number of rotatable bonds is 5. The molecule has 0 fully saturated rings. The first kappa shape index (κ1) is 14.2. The maximum Gasteiger partial charge on any atom is 0.0629 e. The summed E-state index contributed by atoms with van der Waals surface area (Å²) >= 11 is 0. The van der Waals surface area contributed by atoms with Gasteiger partial charge in [0.05, 0.1) is 11.2 Å². The first-order valence-corrected chi connectivity index (χ1v) is 6.64. The third-order valence-corrected chi connectivity index (χ3v) is 3.06. The van der Waals surface area contributed by atoms with Gasteiger partial charge in [0.15, 0.2) is 0 Å². The van der Waals surface area contributed by atoms with Crippen molar-refractivity contribution in [1.82, 2.24) is 15.1 Å². The standard InChI is InChI=1S/C14H27N3/c1-7-9-15-10-8-13-11(2)16-17(12(13)3)14(4,5)6/h15H,7-10H2,1-6H3. The van der Waals surface area contributed by atoms with Gasteiger partial charge < -0.3 is 5.32 Å². The van der Waals surface area contributed by atoms with E-state index < -0.39 is 0 Å². The van der Waals surface area contributed by atoms with Gasteiger partial charge in [-0.25, -0.2) is 0 Å². The number of aryl methyl sites for hydroxylation is 1. The average molecular weight is 237 g/mol. The molecule has 1 rings (SSSR count). The molecule has 0 unspecified atom stereocenters. The van der Waals surface area contributed by atoms with Crippen LogP contribution in [-0.2, 0) is 12.0 Å². The van der Waals surface area contributed by atoms with Gasteiger partial charge in [-0.05, 0) is 66.1 Å². The molecule has 0 aliphatic heterocycles. The van der Waals surface area contributed by atoms with Gasteiger partial charge in [-0.2, -0.15) is 5.10 Å². The SMILES string of the molecule is CCCNCCc1c(C)nn(C(C)(C)C)c1C. The molecule has 3 nitrogen and oxygen atoms in total. The predicted octanol–water partition coefficient (Wildman–Crippen LogP) is 2.80. The van der Waals surface area contributed by atoms with Gasteiger partial charge in [0, 0.05) is 5.69 Å². The Morgan fingerprint density at radius 1 is 1.18 bits per heavy atom. The fourth-order valence-electron chi connectivity index (χ4n) is 2.21. The maximum absolute atomic E-state index is 4.67. The number of hydrogen-bond donors (Lipinski definition) is 1. The fraction of sp³-hybridized carbons (Fsp3) is 0.786. The monoisotopic (exact) mass is 237 g/mol. The lowest BCUT2D eigenvalue weighted by Gasteiger charge is -2.21. The quantitative estimate of drug-likeness (QED) is 0.798. The lowest BCUT2D eigenvalue weighted by molar-refractivity contribution is 0.346. The highest BCUT2D eigenvalue weighted by Gasteiger charge is 2.20. The summed E-state index contributed by atoms with van der Waals surface area (Å²) < 4.78 is 2.15. The van der Waals surface area contributed by atoms with Crippen molar-refractivity contribution < 1.29 is 0 Å². The van der Waals surface area contributed by atoms with E-state index in [-0.39, 0.29) is 5.54 Å². The molecule has 98 valence electrons. The van der Waals surface area contributed by atoms with Crippen LogP contribution in [0.2, 0.25) is 0 Å². The van der Waals surface area contributed by atoms with E-state index in [1.807, 2.05) is 0 Å². The Hall–Kier alpha value is -0.830. The predicted molar refractivity (Wildman–Crippen MR) is 73.6 cm³/mol. The van der Waals surface area contributed by atoms with Crippen molar-refractivity contribution in [1.29, 1.82) is 0 Å². The Morgan fingerprint density at radius 3 is 2.29 bits per heavy atom. The zero-order valence-electron chi connectivity index (χ0n) is 12.2. The largest absolute Gasteiger partial charge is 0.316 e. The van der Waals surface area contributed by atoms with Crippen LogP contribution in [0, 0.1) is 13.8 Å². The van der Waals surface area contributed by atoms with Crippen LogP contribution >= 0.6 is 0 Å². The van der Waals surface area contributed by atoms with Crippen LogP contribution < -0.4 is 5.32 Å². The Bertz CT molecular complexity index is 358. The molecule has 0 spiro atoms. The van der Waals surface area contributed by atoms with Crippen molar-refractivity contribution in [2.24, 2.45) is 0 Å². The molecule has 0 saturated heterocycles. The summed E-state index contributed by atoms with van der Waals surface area (Å²) in [6.45, 7) is 15.2. The highest BCUT2D eigenvalue weighted by atomic mass is 15.3. The van der Waals surface area contributed by atoms with E-state index in [4.69, 9.17) is 0 Å². The molecule has 0 bridgehead atoms. The second-order valence-corrected chi connectivity index (χ2v) is 5.73. The molecule has 0 radical (unpaired) electrons. The molecular formula is C14H27N3. The topological polar surface area (TPSA) is 29.9 Å². The molecule has 0 aromatic carbocycles. The van der Waals surface area contributed by atoms with Crippen LogP contribution in [0.15, 0.2) is 0 Å². The van der Waals surface area contributed by atoms with Crippen LogP contribution in [0.25, 0.3) is 0 Å². The van der Waals surface area contributed by atoms with Crippen LogP contribution in [-0.4, -0.2) is 22.9 Å². The number of aromatic nitrogens is 2. The Labute approximate surface area is 106 Å². The van der Waals surface area contributed by atoms with E-state index in [1.54, 1.807) is 0 Å². The first-order valence-electron chi connectivity index (χ1n) is 6.64. The van der Waals surface area contributed by atoms with Crippen LogP contribution in [0.3, 0.4) is 0 Å². The second-order valence-electron chi connectivity index (χ2n) is 5.73. The maximum atomic E-state index is 4.67. The van der Waals surface area contributed by atoms with E-state index in [0.717, 1.165) is 19.5 Å². The summed E-state index contributed by atoms with van der Waals surface area (Å²) in [6.07, 6.45) is 2.27. The molecule has 3 heteroatoms. The molecule has 0 saturated carbocycles. The van der Waals surface area contributed by atoms with Gasteiger partial charge >= 0.3 is 0 Å². The minimum absolute atomic E-state index is 0.0734. The van der Waals surface area contributed by atoms with Crippen LogP contribution in [0.1, 0.15) is 51.1 Å². The van der Waals surface area contributed by atoms with E-state index in [9.17, 15) is 0 Å². The lowest BCUT2D eigenvalue weighted by Crippen LogP contribution is -2.24. The summed E-state index contributed by atoms with van der Waals surface area (Å²) in [7, 11) is 0. The fourth-order valence-corrected chi connectivity index (χ4v) is 2.21. The molecule has 1 N–H and O–H groups in total. The third-order valence-electron chi connectivity index (χ3n) is 3.06. The molecule has 0 aliphatic rings. The van der Waals surface area contributed by atoms with Crippen molar-refractivity contribution >= 4 is 0 Å². The van der Waals surface area contributed by atoms with Crippen molar-refractivity contribution in [2.45, 2.75) is 59.9 Å². The first-order chi connectivity index (χ1) is 7.88. The summed E-state index contributed by atoms with van der Waals surface area (Å²) in [6, 6.07) is 0. The molecule has 17 heavy (non-hydrogen) atoms. The molecule has 0 atom stereocenters. The van der Waals surface area contributed by atoms with Crippen molar-refractivity contribution in [2.75, 3.05) is 13.1 Å². The highest BCUT2D eigenvalue weighted by Crippen LogP contribution is 2.21. The minimum Gasteiger partial charge on any atom is -0.316 e. The van der Waals surface area contributed by atoms with E-state index in [0.29, 0.717) is 0 Å². The van der Waals surface area contributed by atoms with Gasteiger partial charge in [-0.15, -0.1) is 0 Å². The highest BCUT2D eigenvalue weighted by molar-refractivity contribution is 5.25.